The SMILES string of the molecule is Cc1ccc(F)cc1-c1ccc(C(=O)N2CCCC[C@@H]2CCCO)cc1. The normalized spacial score (nSPS) is 17.3. The molecule has 2 aromatic carbocycles. The molecule has 0 radical (unpaired) electrons. The fraction of sp³-hybridized carbons (Fsp3) is 0.409. The minimum atomic E-state index is -0.259. The molecule has 1 amide bonds. The molecule has 1 aliphatic rings. The highest BCUT2D eigenvalue weighted by atomic mass is 19.1. The third-order valence-corrected chi connectivity index (χ3v) is 5.23. The first-order valence-corrected chi connectivity index (χ1v) is 9.38. The predicted octanol–water partition coefficient (Wildman–Crippen LogP) is 4.57. The van der Waals surface area contributed by atoms with Gasteiger partial charge in [-0.3, -0.25) is 4.79 Å². The van der Waals surface area contributed by atoms with Gasteiger partial charge in [0, 0.05) is 24.8 Å². The van der Waals surface area contributed by atoms with Gasteiger partial charge in [0.15, 0.2) is 0 Å². The van der Waals surface area contributed by atoms with Crippen LogP contribution in [-0.2, 0) is 0 Å². The van der Waals surface area contributed by atoms with Gasteiger partial charge in [0.25, 0.3) is 5.91 Å². The monoisotopic (exact) mass is 355 g/mol. The van der Waals surface area contributed by atoms with Crippen LogP contribution in [0.4, 0.5) is 4.39 Å². The molecule has 4 heteroatoms. The molecule has 0 spiro atoms. The van der Waals surface area contributed by atoms with Crippen molar-refractivity contribution in [1.29, 1.82) is 0 Å². The maximum atomic E-state index is 13.5. The van der Waals surface area contributed by atoms with Crippen LogP contribution in [0.3, 0.4) is 0 Å². The standard InChI is InChI=1S/C22H26FNO2/c1-16-7-12-19(23)15-21(16)17-8-10-18(11-9-17)22(26)24-13-3-2-5-20(24)6-4-14-25/h7-12,15,20,25H,2-6,13-14H2,1H3/t20-/m1/s1. The van der Waals surface area contributed by atoms with E-state index < -0.39 is 0 Å². The lowest BCUT2D eigenvalue weighted by atomic mass is 9.96. The fourth-order valence-corrected chi connectivity index (χ4v) is 3.76. The average molecular weight is 355 g/mol. The number of benzene rings is 2. The van der Waals surface area contributed by atoms with E-state index in [0.717, 1.165) is 55.3 Å². The molecular weight excluding hydrogens is 329 g/mol. The maximum absolute atomic E-state index is 13.5. The van der Waals surface area contributed by atoms with Crippen molar-refractivity contribution in [2.45, 2.75) is 45.1 Å². The first kappa shape index (κ1) is 18.6. The van der Waals surface area contributed by atoms with E-state index in [1.165, 1.54) is 12.1 Å². The van der Waals surface area contributed by atoms with Crippen molar-refractivity contribution in [3.63, 3.8) is 0 Å². The number of hydrogen-bond acceptors (Lipinski definition) is 2. The molecule has 0 bridgehead atoms. The minimum absolute atomic E-state index is 0.0511. The van der Waals surface area contributed by atoms with E-state index in [9.17, 15) is 9.18 Å². The van der Waals surface area contributed by atoms with Crippen molar-refractivity contribution in [1.82, 2.24) is 4.90 Å². The molecule has 2 aromatic rings. The molecule has 0 aromatic heterocycles. The van der Waals surface area contributed by atoms with Gasteiger partial charge in [-0.2, -0.15) is 0 Å². The van der Waals surface area contributed by atoms with Gasteiger partial charge in [-0.25, -0.2) is 4.39 Å². The minimum Gasteiger partial charge on any atom is -0.396 e. The second-order valence-corrected chi connectivity index (χ2v) is 7.05. The number of aryl methyl sites for hydroxylation is 1. The Morgan fingerprint density at radius 1 is 1.19 bits per heavy atom. The zero-order chi connectivity index (χ0) is 18.5. The van der Waals surface area contributed by atoms with Gasteiger partial charge in [0.1, 0.15) is 5.82 Å². The summed E-state index contributed by atoms with van der Waals surface area (Å²) < 4.78 is 13.5. The molecule has 3 rings (SSSR count). The van der Waals surface area contributed by atoms with E-state index in [-0.39, 0.29) is 24.4 Å². The first-order valence-electron chi connectivity index (χ1n) is 9.38. The largest absolute Gasteiger partial charge is 0.396 e. The molecule has 1 heterocycles. The van der Waals surface area contributed by atoms with Crippen LogP contribution in [0.1, 0.15) is 48.0 Å². The second-order valence-electron chi connectivity index (χ2n) is 7.05. The van der Waals surface area contributed by atoms with Crippen molar-refractivity contribution in [2.75, 3.05) is 13.2 Å². The summed E-state index contributed by atoms with van der Waals surface area (Å²) in [4.78, 5) is 14.9. The van der Waals surface area contributed by atoms with Crippen molar-refractivity contribution in [3.05, 3.63) is 59.4 Å². The average Bonchev–Trinajstić information content (AvgIpc) is 2.68. The third-order valence-electron chi connectivity index (χ3n) is 5.23. The molecule has 0 saturated carbocycles. The van der Waals surface area contributed by atoms with Crippen molar-refractivity contribution in [2.24, 2.45) is 0 Å². The van der Waals surface area contributed by atoms with E-state index in [0.29, 0.717) is 5.56 Å². The summed E-state index contributed by atoms with van der Waals surface area (Å²) in [7, 11) is 0. The van der Waals surface area contributed by atoms with Crippen molar-refractivity contribution in [3.8, 4) is 11.1 Å². The third kappa shape index (κ3) is 4.13. The number of carbonyl (C=O) groups excluding carboxylic acids is 1. The molecule has 1 saturated heterocycles. The van der Waals surface area contributed by atoms with Crippen LogP contribution in [0.2, 0.25) is 0 Å². The lowest BCUT2D eigenvalue weighted by Crippen LogP contribution is -2.43. The fourth-order valence-electron chi connectivity index (χ4n) is 3.76. The number of aliphatic hydroxyl groups is 1. The Morgan fingerprint density at radius 2 is 1.96 bits per heavy atom. The number of nitrogens with zero attached hydrogens (tertiary/aromatic N) is 1. The number of aliphatic hydroxyl groups excluding tert-OH is 1. The Balaban J connectivity index is 1.79. The molecule has 3 nitrogen and oxygen atoms in total. The van der Waals surface area contributed by atoms with Crippen LogP contribution in [0.5, 0.6) is 0 Å². The van der Waals surface area contributed by atoms with Crippen LogP contribution >= 0.6 is 0 Å². The van der Waals surface area contributed by atoms with Gasteiger partial charge < -0.3 is 10.0 Å². The summed E-state index contributed by atoms with van der Waals surface area (Å²) in [5.41, 5.74) is 3.43. The van der Waals surface area contributed by atoms with Gasteiger partial charge in [0.05, 0.1) is 0 Å². The number of likely N-dealkylation sites (tertiary alicyclic amines) is 1. The highest BCUT2D eigenvalue weighted by molar-refractivity contribution is 5.95. The Kier molecular flexibility index (Phi) is 6.04. The Hall–Kier alpha value is -2.20. The number of piperidine rings is 1. The Bertz CT molecular complexity index is 757. The molecule has 0 aliphatic carbocycles. The Morgan fingerprint density at radius 3 is 2.69 bits per heavy atom. The Labute approximate surface area is 154 Å². The number of halogens is 1. The molecule has 1 aliphatic heterocycles. The van der Waals surface area contributed by atoms with E-state index in [1.54, 1.807) is 6.07 Å². The van der Waals surface area contributed by atoms with Crippen LogP contribution in [0.25, 0.3) is 11.1 Å². The van der Waals surface area contributed by atoms with Gasteiger partial charge in [-0.05, 0) is 80.0 Å². The summed E-state index contributed by atoms with van der Waals surface area (Å²) >= 11 is 0. The smallest absolute Gasteiger partial charge is 0.254 e. The van der Waals surface area contributed by atoms with Gasteiger partial charge in [-0.15, -0.1) is 0 Å². The quantitative estimate of drug-likeness (QED) is 0.853. The number of carbonyl (C=O) groups is 1. The number of rotatable bonds is 5. The first-order chi connectivity index (χ1) is 12.6. The molecule has 1 fully saturated rings. The number of hydrogen-bond donors (Lipinski definition) is 1. The summed E-state index contributed by atoms with van der Waals surface area (Å²) in [6.07, 6.45) is 4.75. The van der Waals surface area contributed by atoms with Gasteiger partial charge in [-0.1, -0.05) is 18.2 Å². The highest BCUT2D eigenvalue weighted by Gasteiger charge is 2.27. The highest BCUT2D eigenvalue weighted by Crippen LogP contribution is 2.27. The topological polar surface area (TPSA) is 40.5 Å². The van der Waals surface area contributed by atoms with E-state index in [1.807, 2.05) is 36.1 Å². The molecule has 26 heavy (non-hydrogen) atoms. The zero-order valence-corrected chi connectivity index (χ0v) is 15.2. The summed E-state index contributed by atoms with van der Waals surface area (Å²) in [5, 5.41) is 9.09. The van der Waals surface area contributed by atoms with Gasteiger partial charge >= 0.3 is 0 Å². The lowest BCUT2D eigenvalue weighted by Gasteiger charge is -2.36. The molecule has 0 unspecified atom stereocenters. The van der Waals surface area contributed by atoms with Crippen molar-refractivity contribution >= 4 is 5.91 Å². The summed E-state index contributed by atoms with van der Waals surface area (Å²) in [6, 6.07) is 12.4. The lowest BCUT2D eigenvalue weighted by molar-refractivity contribution is 0.0590. The van der Waals surface area contributed by atoms with Gasteiger partial charge in [0.2, 0.25) is 0 Å². The van der Waals surface area contributed by atoms with Crippen LogP contribution < -0.4 is 0 Å². The van der Waals surface area contributed by atoms with Crippen molar-refractivity contribution < 1.29 is 14.3 Å². The van der Waals surface area contributed by atoms with E-state index >= 15 is 0 Å². The second kappa shape index (κ2) is 8.45. The van der Waals surface area contributed by atoms with E-state index in [2.05, 4.69) is 0 Å². The molecular formula is C22H26FNO2. The predicted molar refractivity (Wildman–Crippen MR) is 102 cm³/mol. The van der Waals surface area contributed by atoms with Crippen LogP contribution in [0.15, 0.2) is 42.5 Å². The molecule has 138 valence electrons. The number of amides is 1. The molecule has 1 atom stereocenters. The summed E-state index contributed by atoms with van der Waals surface area (Å²) in [6.45, 7) is 2.90. The van der Waals surface area contributed by atoms with E-state index in [4.69, 9.17) is 5.11 Å². The maximum Gasteiger partial charge on any atom is 0.254 e. The van der Waals surface area contributed by atoms with Crippen LogP contribution in [-0.4, -0.2) is 35.1 Å². The summed E-state index contributed by atoms with van der Waals surface area (Å²) in [5.74, 6) is -0.207. The van der Waals surface area contributed by atoms with Crippen LogP contribution in [0, 0.1) is 12.7 Å². The zero-order valence-electron chi connectivity index (χ0n) is 15.2. The molecule has 1 N–H and O–H groups in total.